The predicted molar refractivity (Wildman–Crippen MR) is 81.3 cm³/mol. The second-order valence-corrected chi connectivity index (χ2v) is 11.1. The zero-order valence-corrected chi connectivity index (χ0v) is 13.8. The van der Waals surface area contributed by atoms with E-state index >= 15 is 0 Å². The van der Waals surface area contributed by atoms with Crippen molar-refractivity contribution in [2.45, 2.75) is 50.9 Å². The molecule has 5 heteroatoms. The van der Waals surface area contributed by atoms with Gasteiger partial charge in [-0.05, 0) is 37.0 Å². The number of halogens is 2. The van der Waals surface area contributed by atoms with Gasteiger partial charge < -0.3 is 10.5 Å². The molecule has 3 N–H and O–H groups in total. The average Bonchev–Trinajstić information content (AvgIpc) is 2.28. The number of nitrogens with two attached hydrogens (primary N) is 1. The highest BCUT2D eigenvalue weighted by atomic mass is 35.5. The monoisotopic (exact) mass is 303 g/mol. The summed E-state index contributed by atoms with van der Waals surface area (Å²) in [4.78, 5) is 10.2. The molecule has 0 saturated carbocycles. The maximum atomic E-state index is 13.9. The normalized spacial score (nSPS) is 14.5. The fraction of sp³-hybridized carbons (Fsp3) is 0.571. The summed E-state index contributed by atoms with van der Waals surface area (Å²) in [6.45, 7) is 7.91. The van der Waals surface area contributed by atoms with Crippen molar-refractivity contribution >= 4 is 19.9 Å². The van der Waals surface area contributed by atoms with Crippen LogP contribution in [0.4, 0.5) is 4.39 Å². The Hall–Kier alpha value is -0.423. The van der Waals surface area contributed by atoms with Crippen molar-refractivity contribution in [2.24, 2.45) is 5.73 Å². The molecule has 0 heterocycles. The van der Waals surface area contributed by atoms with E-state index in [-0.39, 0.29) is 10.1 Å². The molecule has 19 heavy (non-hydrogen) atoms. The highest BCUT2D eigenvalue weighted by Gasteiger charge is 2.37. The molecule has 0 aliphatic heterocycles. The summed E-state index contributed by atoms with van der Waals surface area (Å²) in [7, 11) is -2.25. The first kappa shape index (κ1) is 16.6. The van der Waals surface area contributed by atoms with E-state index in [0.717, 1.165) is 6.42 Å². The Kier molecular flexibility index (Phi) is 5.18. The quantitative estimate of drug-likeness (QED) is 0.799. The molecule has 0 aromatic heterocycles. The smallest absolute Gasteiger partial charge is 0.188 e. The Balaban J connectivity index is 2.76. The Labute approximate surface area is 120 Å². The third-order valence-electron chi connectivity index (χ3n) is 4.12. The third-order valence-corrected chi connectivity index (χ3v) is 7.97. The van der Waals surface area contributed by atoms with Crippen LogP contribution in [0.2, 0.25) is 23.2 Å². The molecule has 0 amide bonds. The van der Waals surface area contributed by atoms with Gasteiger partial charge in [0.1, 0.15) is 5.82 Å². The van der Waals surface area contributed by atoms with Crippen molar-refractivity contribution in [1.82, 2.24) is 0 Å². The van der Waals surface area contributed by atoms with Crippen LogP contribution in [0.15, 0.2) is 18.2 Å². The minimum absolute atomic E-state index is 0.101. The molecular weight excluding hydrogens is 281 g/mol. The van der Waals surface area contributed by atoms with Gasteiger partial charge in [0.15, 0.2) is 8.32 Å². The fourth-order valence-corrected chi connectivity index (χ4v) is 2.72. The standard InChI is InChI=1S/C14H23ClFNOSi/c1-14(2,19(3,4)18)9-8-12(17)10-6-5-7-11(15)13(10)16/h5-7,12,18H,8-9,17H2,1-4H3/t12-/m0/s1. The van der Waals surface area contributed by atoms with Crippen molar-refractivity contribution in [1.29, 1.82) is 0 Å². The molecule has 0 aliphatic carbocycles. The zero-order valence-electron chi connectivity index (χ0n) is 12.0. The first-order valence-corrected chi connectivity index (χ1v) is 9.80. The van der Waals surface area contributed by atoms with Gasteiger partial charge in [-0.15, -0.1) is 0 Å². The molecule has 0 aliphatic rings. The van der Waals surface area contributed by atoms with Crippen LogP contribution in [-0.2, 0) is 0 Å². The molecule has 0 saturated heterocycles. The minimum Gasteiger partial charge on any atom is -0.432 e. The van der Waals surface area contributed by atoms with Crippen LogP contribution in [0.3, 0.4) is 0 Å². The second-order valence-electron chi connectivity index (χ2n) is 6.23. The SMILES string of the molecule is CC(C)(CC[C@H](N)c1cccc(Cl)c1F)[Si](C)(C)O. The number of rotatable bonds is 5. The Morgan fingerprint density at radius 1 is 1.42 bits per heavy atom. The van der Waals surface area contributed by atoms with Crippen LogP contribution in [-0.4, -0.2) is 13.1 Å². The van der Waals surface area contributed by atoms with Gasteiger partial charge in [0.05, 0.1) is 5.02 Å². The summed E-state index contributed by atoms with van der Waals surface area (Å²) < 4.78 is 13.9. The molecule has 0 bridgehead atoms. The first-order chi connectivity index (χ1) is 8.56. The molecule has 1 aromatic carbocycles. The Morgan fingerprint density at radius 3 is 2.53 bits per heavy atom. The van der Waals surface area contributed by atoms with Crippen molar-refractivity contribution in [3.8, 4) is 0 Å². The lowest BCUT2D eigenvalue weighted by Crippen LogP contribution is -2.39. The van der Waals surface area contributed by atoms with E-state index in [0.29, 0.717) is 12.0 Å². The summed E-state index contributed by atoms with van der Waals surface area (Å²) >= 11 is 5.76. The van der Waals surface area contributed by atoms with Gasteiger partial charge in [0, 0.05) is 11.6 Å². The highest BCUT2D eigenvalue weighted by molar-refractivity contribution is 6.72. The summed E-state index contributed by atoms with van der Waals surface area (Å²) in [6, 6.07) is 4.49. The maximum absolute atomic E-state index is 13.9. The molecule has 2 nitrogen and oxygen atoms in total. The van der Waals surface area contributed by atoms with Crippen LogP contribution < -0.4 is 5.73 Å². The van der Waals surface area contributed by atoms with Crippen molar-refractivity contribution in [3.63, 3.8) is 0 Å². The summed E-state index contributed by atoms with van der Waals surface area (Å²) in [6.07, 6.45) is 1.39. The topological polar surface area (TPSA) is 46.2 Å². The molecule has 0 radical (unpaired) electrons. The lowest BCUT2D eigenvalue weighted by Gasteiger charge is -2.35. The van der Waals surface area contributed by atoms with E-state index in [4.69, 9.17) is 17.3 Å². The van der Waals surface area contributed by atoms with E-state index in [9.17, 15) is 9.19 Å². The zero-order chi connectivity index (χ0) is 14.8. The van der Waals surface area contributed by atoms with Crippen LogP contribution >= 0.6 is 11.6 Å². The molecule has 1 aromatic rings. The Morgan fingerprint density at radius 2 is 2.00 bits per heavy atom. The minimum atomic E-state index is -2.25. The first-order valence-electron chi connectivity index (χ1n) is 6.48. The van der Waals surface area contributed by atoms with Gasteiger partial charge in [-0.3, -0.25) is 0 Å². The van der Waals surface area contributed by atoms with E-state index in [1.807, 2.05) is 26.9 Å². The van der Waals surface area contributed by atoms with Gasteiger partial charge in [-0.25, -0.2) is 4.39 Å². The summed E-state index contributed by atoms with van der Waals surface area (Å²) in [5.41, 5.74) is 6.50. The number of hydrogen-bond acceptors (Lipinski definition) is 2. The average molecular weight is 304 g/mol. The third kappa shape index (κ3) is 4.02. The van der Waals surface area contributed by atoms with Crippen LogP contribution in [0.25, 0.3) is 0 Å². The van der Waals surface area contributed by atoms with Crippen LogP contribution in [0.1, 0.15) is 38.3 Å². The molecule has 1 atom stereocenters. The highest BCUT2D eigenvalue weighted by Crippen LogP contribution is 2.41. The molecule has 0 spiro atoms. The van der Waals surface area contributed by atoms with E-state index in [2.05, 4.69) is 0 Å². The van der Waals surface area contributed by atoms with E-state index in [1.165, 1.54) is 6.07 Å². The lowest BCUT2D eigenvalue weighted by molar-refractivity contribution is 0.425. The predicted octanol–water partition coefficient (Wildman–Crippen LogP) is 4.24. The van der Waals surface area contributed by atoms with Gasteiger partial charge in [0.2, 0.25) is 0 Å². The summed E-state index contributed by atoms with van der Waals surface area (Å²) in [5, 5.41) is -0.0521. The van der Waals surface area contributed by atoms with Crippen molar-refractivity contribution < 1.29 is 9.19 Å². The van der Waals surface area contributed by atoms with Gasteiger partial charge in [-0.2, -0.15) is 0 Å². The van der Waals surface area contributed by atoms with Gasteiger partial charge >= 0.3 is 0 Å². The van der Waals surface area contributed by atoms with Crippen molar-refractivity contribution in [2.75, 3.05) is 0 Å². The number of benzene rings is 1. The summed E-state index contributed by atoms with van der Waals surface area (Å²) in [5.74, 6) is -0.435. The molecular formula is C14H23ClFNOSi. The maximum Gasteiger partial charge on any atom is 0.188 e. The molecule has 0 unspecified atom stereocenters. The Bertz CT molecular complexity index is 446. The largest absolute Gasteiger partial charge is 0.432 e. The van der Waals surface area contributed by atoms with Gasteiger partial charge in [0.25, 0.3) is 0 Å². The van der Waals surface area contributed by atoms with Crippen molar-refractivity contribution in [3.05, 3.63) is 34.6 Å². The van der Waals surface area contributed by atoms with Crippen LogP contribution in [0, 0.1) is 5.82 Å². The fourth-order valence-electron chi connectivity index (χ4n) is 1.78. The van der Waals surface area contributed by atoms with E-state index in [1.54, 1.807) is 12.1 Å². The molecule has 108 valence electrons. The molecule has 0 fully saturated rings. The second kappa shape index (κ2) is 5.91. The molecule has 1 rings (SSSR count). The van der Waals surface area contributed by atoms with Crippen LogP contribution in [0.5, 0.6) is 0 Å². The van der Waals surface area contributed by atoms with Gasteiger partial charge in [-0.1, -0.05) is 37.6 Å². The van der Waals surface area contributed by atoms with E-state index < -0.39 is 20.2 Å². The lowest BCUT2D eigenvalue weighted by atomic mass is 9.97. The number of hydrogen-bond donors (Lipinski definition) is 2.